The third-order valence-electron chi connectivity index (χ3n) is 7.67. The van der Waals surface area contributed by atoms with E-state index in [1.165, 1.54) is 21.2 Å². The molecule has 6 heteroatoms. The van der Waals surface area contributed by atoms with E-state index in [4.69, 9.17) is 21.7 Å². The third-order valence-corrected chi connectivity index (χ3v) is 12.7. The Labute approximate surface area is 284 Å². The number of nitrogens with one attached hydrogen (secondary N) is 2. The van der Waals surface area contributed by atoms with Crippen LogP contribution in [-0.4, -0.2) is 18.3 Å². The van der Waals surface area contributed by atoms with E-state index in [1.54, 1.807) is 0 Å². The molecule has 0 bridgehead atoms. The van der Waals surface area contributed by atoms with Crippen LogP contribution in [-0.2, 0) is 0 Å². The Morgan fingerprint density at radius 3 is 0.979 bits per heavy atom. The fraction of sp³-hybridized carbons (Fsp3) is 0.0976. The van der Waals surface area contributed by atoms with Gasteiger partial charge in [0.15, 0.2) is 5.11 Å². The summed E-state index contributed by atoms with van der Waals surface area (Å²) in [5, 5.41) is 12.5. The Hall–Kier alpha value is -4.96. The van der Waals surface area contributed by atoms with Gasteiger partial charge in [0.2, 0.25) is 0 Å². The Morgan fingerprint density at radius 2 is 0.723 bits per heavy atom. The molecule has 0 aliphatic heterocycles. The molecule has 6 aromatic rings. The van der Waals surface area contributed by atoms with Gasteiger partial charge >= 0.3 is 150 Å². The van der Waals surface area contributed by atoms with Crippen molar-refractivity contribution in [1.82, 2.24) is 0 Å². The topological polar surface area (TPSA) is 42.5 Å². The summed E-state index contributed by atoms with van der Waals surface area (Å²) in [7, 11) is -2.30. The van der Waals surface area contributed by atoms with E-state index in [1.807, 2.05) is 62.4 Å². The van der Waals surface area contributed by atoms with E-state index in [0.717, 1.165) is 22.9 Å². The zero-order valence-electron chi connectivity index (χ0n) is 26.8. The molecule has 0 amide bonds. The molecule has 47 heavy (non-hydrogen) atoms. The number of ether oxygens (including phenoxy) is 2. The predicted molar refractivity (Wildman–Crippen MR) is 208 cm³/mol. The summed E-state index contributed by atoms with van der Waals surface area (Å²) in [4.78, 5) is 0. The van der Waals surface area contributed by atoms with E-state index in [-0.39, 0.29) is 0 Å². The number of benzene rings is 6. The monoisotopic (exact) mass is 656 g/mol. The number of thiocarbonyl (C=S) groups is 1. The van der Waals surface area contributed by atoms with Gasteiger partial charge in [-0.15, -0.1) is 0 Å². The first kappa shape index (κ1) is 33.4. The normalized spacial score (nSPS) is 10.9. The molecule has 0 aromatic heterocycles. The van der Waals surface area contributed by atoms with Gasteiger partial charge in [-0.25, -0.2) is 0 Å². The van der Waals surface area contributed by atoms with Crippen molar-refractivity contribution in [2.45, 2.75) is 13.8 Å². The molecule has 0 radical (unpaired) electrons. The average molecular weight is 657 g/mol. The van der Waals surface area contributed by atoms with Crippen LogP contribution >= 0.6 is 19.5 Å². The van der Waals surface area contributed by atoms with Crippen molar-refractivity contribution in [3.05, 3.63) is 170 Å². The van der Waals surface area contributed by atoms with Crippen LogP contribution in [0.25, 0.3) is 0 Å². The Balaban J connectivity index is 0.000000186. The van der Waals surface area contributed by atoms with Crippen LogP contribution in [0, 0.1) is 0 Å². The summed E-state index contributed by atoms with van der Waals surface area (Å²) in [5.74, 6) is 1.69. The van der Waals surface area contributed by atoms with Gasteiger partial charge < -0.3 is 20.1 Å². The van der Waals surface area contributed by atoms with Crippen molar-refractivity contribution >= 4 is 57.2 Å². The molecule has 0 fully saturated rings. The summed E-state index contributed by atoms with van der Waals surface area (Å²) in [5.41, 5.74) is 1.82. The second-order valence-corrected chi connectivity index (χ2v) is 14.9. The SMILES string of the molecule is CCOc1ccc(NC(=S)Nc2ccc(OCC)cc2)cc1.c1ccc([PH](c2ccccc2)(c2ccccc2)c2ccccc2)cc1. The zero-order chi connectivity index (χ0) is 32.7. The van der Waals surface area contributed by atoms with Crippen LogP contribution in [0.3, 0.4) is 0 Å². The van der Waals surface area contributed by atoms with Crippen LogP contribution < -0.4 is 41.3 Å². The van der Waals surface area contributed by atoms with Crippen molar-refractivity contribution in [1.29, 1.82) is 0 Å². The second kappa shape index (κ2) is 17.1. The molecule has 6 rings (SSSR count). The van der Waals surface area contributed by atoms with E-state index in [2.05, 4.69) is 132 Å². The first-order valence-electron chi connectivity index (χ1n) is 15.9. The molecule has 6 aromatic carbocycles. The van der Waals surface area contributed by atoms with Crippen molar-refractivity contribution in [3.63, 3.8) is 0 Å². The van der Waals surface area contributed by atoms with Gasteiger partial charge in [-0.1, -0.05) is 0 Å². The number of rotatable bonds is 10. The van der Waals surface area contributed by atoms with Gasteiger partial charge in [-0.2, -0.15) is 0 Å². The minimum atomic E-state index is -2.30. The summed E-state index contributed by atoms with van der Waals surface area (Å²) in [6.07, 6.45) is 0. The van der Waals surface area contributed by atoms with E-state index in [9.17, 15) is 0 Å². The summed E-state index contributed by atoms with van der Waals surface area (Å²) >= 11 is 5.30. The molecule has 0 heterocycles. The van der Waals surface area contributed by atoms with Gasteiger partial charge in [0, 0.05) is 11.4 Å². The molecule has 0 aliphatic carbocycles. The van der Waals surface area contributed by atoms with Gasteiger partial charge in [-0.3, -0.25) is 0 Å². The van der Waals surface area contributed by atoms with Crippen LogP contribution in [0.15, 0.2) is 170 Å². The summed E-state index contributed by atoms with van der Waals surface area (Å²) in [6, 6.07) is 59.3. The molecule has 0 aliphatic rings. The molecule has 2 N–H and O–H groups in total. The Kier molecular flexibility index (Phi) is 12.1. The number of hydrogen-bond donors (Lipinski definition) is 2. The fourth-order valence-corrected chi connectivity index (χ4v) is 10.7. The molecule has 0 spiro atoms. The van der Waals surface area contributed by atoms with Gasteiger partial charge in [0.1, 0.15) is 11.5 Å². The molecule has 0 unspecified atom stereocenters. The van der Waals surface area contributed by atoms with Gasteiger partial charge in [-0.05, 0) is 74.6 Å². The Bertz CT molecular complexity index is 1570. The van der Waals surface area contributed by atoms with Crippen LogP contribution in [0.1, 0.15) is 13.8 Å². The van der Waals surface area contributed by atoms with E-state index >= 15 is 0 Å². The van der Waals surface area contributed by atoms with E-state index < -0.39 is 7.26 Å². The summed E-state index contributed by atoms with van der Waals surface area (Å²) < 4.78 is 10.8. The first-order valence-corrected chi connectivity index (χ1v) is 18.3. The Morgan fingerprint density at radius 1 is 0.447 bits per heavy atom. The van der Waals surface area contributed by atoms with Crippen LogP contribution in [0.4, 0.5) is 11.4 Å². The van der Waals surface area contributed by atoms with Crippen LogP contribution in [0.5, 0.6) is 11.5 Å². The molecular weight excluding hydrogens is 616 g/mol. The van der Waals surface area contributed by atoms with Gasteiger partial charge in [0.05, 0.1) is 13.2 Å². The van der Waals surface area contributed by atoms with Crippen LogP contribution in [0.2, 0.25) is 0 Å². The number of anilines is 2. The van der Waals surface area contributed by atoms with Crippen molar-refractivity contribution in [3.8, 4) is 11.5 Å². The molecule has 238 valence electrons. The maximum absolute atomic E-state index is 5.40. The summed E-state index contributed by atoms with van der Waals surface area (Å²) in [6.45, 7) is 5.24. The molecule has 4 nitrogen and oxygen atoms in total. The molecular formula is C41H41N2O2PS. The average Bonchev–Trinajstić information content (AvgIpc) is 3.13. The minimum absolute atomic E-state index is 0.535. The predicted octanol–water partition coefficient (Wildman–Crippen LogP) is 8.33. The fourth-order valence-electron chi connectivity index (χ4n) is 5.65. The molecule has 0 saturated heterocycles. The van der Waals surface area contributed by atoms with E-state index in [0.29, 0.717) is 18.3 Å². The molecule has 0 saturated carbocycles. The second-order valence-electron chi connectivity index (χ2n) is 10.7. The zero-order valence-corrected chi connectivity index (χ0v) is 28.6. The molecule has 0 atom stereocenters. The van der Waals surface area contributed by atoms with Crippen molar-refractivity contribution in [2.24, 2.45) is 0 Å². The van der Waals surface area contributed by atoms with Gasteiger partial charge in [0.25, 0.3) is 0 Å². The quantitative estimate of drug-likeness (QED) is 0.115. The number of hydrogen-bond acceptors (Lipinski definition) is 3. The standard InChI is InChI=1S/C24H21P.C17H20N2O2S/c1-5-13-21(14-6-1)25(22-15-7-2-8-16-22,23-17-9-3-10-18-23)24-19-11-4-12-20-24;1-3-20-15-9-5-13(6-10-15)18-17(22)19-14-7-11-16(12-8-14)21-4-2/h1-20,25H;5-12H,3-4H2,1-2H3,(H2,18,19,22). The van der Waals surface area contributed by atoms with Crippen molar-refractivity contribution in [2.75, 3.05) is 23.8 Å². The van der Waals surface area contributed by atoms with Crippen molar-refractivity contribution < 1.29 is 9.47 Å². The third kappa shape index (κ3) is 8.65. The first-order chi connectivity index (χ1) is 23.1. The maximum atomic E-state index is 5.40.